The average Bonchev–Trinajstić information content (AvgIpc) is 3.15. The number of fused-ring (bicyclic) bond motifs is 2. The highest BCUT2D eigenvalue weighted by Gasteiger charge is 2.36. The summed E-state index contributed by atoms with van der Waals surface area (Å²) < 4.78 is 33.2. The van der Waals surface area contributed by atoms with Crippen molar-refractivity contribution in [2.75, 3.05) is 39.6 Å². The quantitative estimate of drug-likeness (QED) is 0.0963. The number of carbonyl (C=O) groups excluding carboxylic acids is 2. The number of hydrogen-bond acceptors (Lipinski definition) is 10. The Balaban J connectivity index is 1.05. The molecule has 0 saturated heterocycles. The highest BCUT2D eigenvalue weighted by Crippen LogP contribution is 2.29. The number of rotatable bonds is 16. The Morgan fingerprint density at radius 3 is 1.30 bits per heavy atom. The number of hydrogen-bond donors (Lipinski definition) is 2. The number of ether oxygens (including phenoxy) is 6. The van der Waals surface area contributed by atoms with Gasteiger partial charge in [0.25, 0.3) is 0 Å². The fourth-order valence-corrected chi connectivity index (χ4v) is 5.40. The number of allylic oxidation sites excluding steroid dienone is 2. The van der Waals surface area contributed by atoms with E-state index < -0.39 is 36.0 Å². The lowest BCUT2D eigenvalue weighted by molar-refractivity contribution is -0.164. The van der Waals surface area contributed by atoms with Gasteiger partial charge in [-0.3, -0.25) is 9.59 Å². The van der Waals surface area contributed by atoms with Gasteiger partial charge in [0.1, 0.15) is 74.8 Å². The third kappa shape index (κ3) is 9.93. The van der Waals surface area contributed by atoms with Crippen LogP contribution in [0, 0.1) is 36.5 Å². The van der Waals surface area contributed by atoms with Crippen LogP contribution in [0.15, 0.2) is 84.9 Å². The van der Waals surface area contributed by atoms with Crippen LogP contribution in [0.25, 0.3) is 21.5 Å². The second-order valence-electron chi connectivity index (χ2n) is 11.7. The standard InChI is InChI=1S/C40H38O10/c1-3-17-45-33-13-9-27-11-15-35(21-29(27)19-33)47-23-31(41)25-49-39(43)37-7-5-6-8-38(37)40(44)50-26-32(42)24-48-36-16-12-28-10-14-34(46-18-4-2)20-30(28)22-36/h1-2,5-6,9-16,19-22,31-32,37-38,41-42H,7-8,17-18,23-26H2. The molecule has 0 saturated carbocycles. The fourth-order valence-electron chi connectivity index (χ4n) is 5.40. The summed E-state index contributed by atoms with van der Waals surface area (Å²) in [5.74, 6) is 4.29. The van der Waals surface area contributed by atoms with E-state index in [4.69, 9.17) is 41.3 Å². The van der Waals surface area contributed by atoms with Gasteiger partial charge < -0.3 is 38.6 Å². The molecule has 4 aromatic rings. The van der Waals surface area contributed by atoms with Crippen molar-refractivity contribution in [2.45, 2.75) is 25.0 Å². The first kappa shape index (κ1) is 35.6. The van der Waals surface area contributed by atoms with Crippen LogP contribution in [0.4, 0.5) is 0 Å². The van der Waals surface area contributed by atoms with Crippen molar-refractivity contribution in [3.05, 3.63) is 84.9 Å². The Morgan fingerprint density at radius 1 is 0.580 bits per heavy atom. The van der Waals surface area contributed by atoms with Crippen LogP contribution in [0.2, 0.25) is 0 Å². The zero-order valence-electron chi connectivity index (χ0n) is 27.4. The molecule has 1 aliphatic rings. The molecular weight excluding hydrogens is 640 g/mol. The Kier molecular flexibility index (Phi) is 12.6. The molecule has 4 atom stereocenters. The number of carbonyl (C=O) groups is 2. The van der Waals surface area contributed by atoms with Gasteiger partial charge in [0.15, 0.2) is 0 Å². The molecule has 0 aliphatic heterocycles. The van der Waals surface area contributed by atoms with Crippen LogP contribution in [0.5, 0.6) is 23.0 Å². The number of terminal acetylenes is 2. The summed E-state index contributed by atoms with van der Waals surface area (Å²) in [6.07, 6.45) is 12.5. The van der Waals surface area contributed by atoms with Gasteiger partial charge in [-0.1, -0.05) is 48.3 Å². The molecule has 0 aromatic heterocycles. The molecule has 258 valence electrons. The van der Waals surface area contributed by atoms with Gasteiger partial charge in [-0.2, -0.15) is 0 Å². The second-order valence-corrected chi connectivity index (χ2v) is 11.7. The summed E-state index contributed by atoms with van der Waals surface area (Å²) in [7, 11) is 0. The monoisotopic (exact) mass is 678 g/mol. The lowest BCUT2D eigenvalue weighted by Crippen LogP contribution is -2.36. The predicted octanol–water partition coefficient (Wildman–Crippen LogP) is 4.87. The van der Waals surface area contributed by atoms with Crippen molar-refractivity contribution in [2.24, 2.45) is 11.8 Å². The maximum Gasteiger partial charge on any atom is 0.310 e. The molecule has 0 heterocycles. The lowest BCUT2D eigenvalue weighted by atomic mass is 9.83. The Hall–Kier alpha value is -5.68. The first-order valence-electron chi connectivity index (χ1n) is 16.1. The highest BCUT2D eigenvalue weighted by atomic mass is 16.6. The second kappa shape index (κ2) is 17.6. The number of esters is 2. The zero-order valence-corrected chi connectivity index (χ0v) is 27.4. The minimum atomic E-state index is -1.11. The largest absolute Gasteiger partial charge is 0.491 e. The highest BCUT2D eigenvalue weighted by molar-refractivity contribution is 5.86. The van der Waals surface area contributed by atoms with E-state index >= 15 is 0 Å². The van der Waals surface area contributed by atoms with Gasteiger partial charge >= 0.3 is 11.9 Å². The van der Waals surface area contributed by atoms with Gasteiger partial charge in [0, 0.05) is 0 Å². The van der Waals surface area contributed by atoms with E-state index in [1.165, 1.54) is 0 Å². The Labute approximate surface area is 290 Å². The predicted molar refractivity (Wildman–Crippen MR) is 187 cm³/mol. The first-order valence-corrected chi connectivity index (χ1v) is 16.1. The molecule has 5 rings (SSSR count). The molecular formula is C40H38O10. The first-order chi connectivity index (χ1) is 24.3. The summed E-state index contributed by atoms with van der Waals surface area (Å²) in [5.41, 5.74) is 0. The molecule has 4 aromatic carbocycles. The van der Waals surface area contributed by atoms with Crippen molar-refractivity contribution in [3.8, 4) is 47.7 Å². The van der Waals surface area contributed by atoms with Crippen LogP contribution in [0.1, 0.15) is 12.8 Å². The van der Waals surface area contributed by atoms with Crippen LogP contribution < -0.4 is 18.9 Å². The van der Waals surface area contributed by atoms with Gasteiger partial charge in [0.2, 0.25) is 0 Å². The minimum absolute atomic E-state index is 0.122. The maximum atomic E-state index is 13.0. The van der Waals surface area contributed by atoms with Crippen molar-refractivity contribution in [1.82, 2.24) is 0 Å². The van der Waals surface area contributed by atoms with E-state index in [1.807, 2.05) is 60.7 Å². The van der Waals surface area contributed by atoms with Crippen LogP contribution >= 0.6 is 0 Å². The van der Waals surface area contributed by atoms with Gasteiger partial charge in [-0.05, 0) is 82.9 Å². The van der Waals surface area contributed by atoms with E-state index in [0.717, 1.165) is 21.5 Å². The van der Waals surface area contributed by atoms with Crippen LogP contribution in [-0.2, 0) is 19.1 Å². The molecule has 4 unspecified atom stereocenters. The molecule has 0 spiro atoms. The molecule has 10 nitrogen and oxygen atoms in total. The third-order valence-electron chi connectivity index (χ3n) is 7.97. The minimum Gasteiger partial charge on any atom is -0.491 e. The Bertz CT molecular complexity index is 1770. The molecule has 0 radical (unpaired) electrons. The van der Waals surface area contributed by atoms with Crippen LogP contribution in [-0.4, -0.2) is 74.0 Å². The van der Waals surface area contributed by atoms with Gasteiger partial charge in [-0.15, -0.1) is 12.8 Å². The van der Waals surface area contributed by atoms with Crippen molar-refractivity contribution < 1.29 is 48.2 Å². The van der Waals surface area contributed by atoms with E-state index in [1.54, 1.807) is 24.3 Å². The van der Waals surface area contributed by atoms with Crippen LogP contribution in [0.3, 0.4) is 0 Å². The molecule has 1 aliphatic carbocycles. The number of aliphatic hydroxyl groups excluding tert-OH is 2. The SMILES string of the molecule is C#CCOc1ccc2ccc(OCC(O)COC(=O)C3CC=CCC3C(=O)OCC(O)COc3ccc4ccc(OCC#C)cc4c3)cc2c1. The zero-order chi connectivity index (χ0) is 35.3. The van der Waals surface area contributed by atoms with Crippen molar-refractivity contribution in [3.63, 3.8) is 0 Å². The van der Waals surface area contributed by atoms with Crippen molar-refractivity contribution >= 4 is 33.5 Å². The normalized spacial score (nSPS) is 16.4. The van der Waals surface area contributed by atoms with E-state index in [2.05, 4.69) is 11.8 Å². The topological polar surface area (TPSA) is 130 Å². The Morgan fingerprint density at radius 2 is 0.940 bits per heavy atom. The number of aliphatic hydroxyl groups is 2. The summed E-state index contributed by atoms with van der Waals surface area (Å²) in [5, 5.41) is 24.6. The summed E-state index contributed by atoms with van der Waals surface area (Å²) in [4.78, 5) is 26.0. The molecule has 0 amide bonds. The lowest BCUT2D eigenvalue weighted by Gasteiger charge is -2.26. The maximum absolute atomic E-state index is 13.0. The van der Waals surface area contributed by atoms with Gasteiger partial charge in [-0.25, -0.2) is 0 Å². The smallest absolute Gasteiger partial charge is 0.310 e. The summed E-state index contributed by atoms with van der Waals surface area (Å²) >= 11 is 0. The molecule has 2 N–H and O–H groups in total. The summed E-state index contributed by atoms with van der Waals surface area (Å²) in [6.45, 7) is -0.561. The fraction of sp³-hybridized carbons (Fsp3) is 0.300. The molecule has 10 heteroatoms. The van der Waals surface area contributed by atoms with Crippen molar-refractivity contribution in [1.29, 1.82) is 0 Å². The summed E-state index contributed by atoms with van der Waals surface area (Å²) in [6, 6.07) is 22.1. The van der Waals surface area contributed by atoms with E-state index in [-0.39, 0.29) is 52.5 Å². The van der Waals surface area contributed by atoms with Gasteiger partial charge in [0.05, 0.1) is 11.8 Å². The number of benzene rings is 4. The van der Waals surface area contributed by atoms with E-state index in [0.29, 0.717) is 23.0 Å². The molecule has 0 fully saturated rings. The van der Waals surface area contributed by atoms with E-state index in [9.17, 15) is 19.8 Å². The average molecular weight is 679 g/mol. The third-order valence-corrected chi connectivity index (χ3v) is 7.97. The molecule has 50 heavy (non-hydrogen) atoms. The molecule has 0 bridgehead atoms.